The minimum Gasteiger partial charge on any atom is -0.507 e. The van der Waals surface area contributed by atoms with Gasteiger partial charge in [-0.3, -0.25) is 4.79 Å². The Hall–Kier alpha value is -1.66. The predicted molar refractivity (Wildman–Crippen MR) is 63.5 cm³/mol. The first kappa shape index (κ1) is 12.4. The van der Waals surface area contributed by atoms with Crippen molar-refractivity contribution < 1.29 is 9.90 Å². The smallest absolute Gasteiger partial charge is 0.255 e. The van der Waals surface area contributed by atoms with Crippen molar-refractivity contribution in [3.63, 3.8) is 0 Å². The van der Waals surface area contributed by atoms with Gasteiger partial charge in [0, 0.05) is 17.5 Å². The van der Waals surface area contributed by atoms with Crippen LogP contribution in [-0.4, -0.2) is 17.1 Å². The van der Waals surface area contributed by atoms with Crippen molar-refractivity contribution in [1.29, 1.82) is 0 Å². The number of benzene rings is 1. The number of hydrogen-bond acceptors (Lipinski definition) is 2. The van der Waals surface area contributed by atoms with Crippen LogP contribution in [0.1, 0.15) is 23.7 Å². The third-order valence-corrected chi connectivity index (χ3v) is 2.24. The average Bonchev–Trinajstić information content (AvgIpc) is 2.21. The Morgan fingerprint density at radius 3 is 3.00 bits per heavy atom. The highest BCUT2D eigenvalue weighted by molar-refractivity contribution is 6.31. The van der Waals surface area contributed by atoms with Gasteiger partial charge in [-0.1, -0.05) is 11.6 Å². The maximum Gasteiger partial charge on any atom is 0.255 e. The maximum absolute atomic E-state index is 11.7. The van der Waals surface area contributed by atoms with Crippen molar-refractivity contribution in [1.82, 2.24) is 5.32 Å². The molecule has 0 bridgehead atoms. The first-order valence-electron chi connectivity index (χ1n) is 4.77. The Morgan fingerprint density at radius 1 is 1.69 bits per heavy atom. The second-order valence-corrected chi connectivity index (χ2v) is 3.88. The van der Waals surface area contributed by atoms with Crippen molar-refractivity contribution in [3.8, 4) is 18.1 Å². The van der Waals surface area contributed by atoms with Gasteiger partial charge < -0.3 is 10.4 Å². The van der Waals surface area contributed by atoms with Crippen LogP contribution in [0.2, 0.25) is 5.02 Å². The molecular weight excluding hydrogens is 226 g/mol. The lowest BCUT2D eigenvalue weighted by atomic mass is 10.1. The highest BCUT2D eigenvalue weighted by atomic mass is 35.5. The van der Waals surface area contributed by atoms with E-state index in [2.05, 4.69) is 11.2 Å². The lowest BCUT2D eigenvalue weighted by Gasteiger charge is -2.11. The molecule has 1 rings (SSSR count). The number of rotatable bonds is 3. The molecule has 1 unspecified atom stereocenters. The number of phenolic OH excluding ortho intramolecular Hbond substituents is 1. The van der Waals surface area contributed by atoms with Crippen LogP contribution in [0.25, 0.3) is 0 Å². The van der Waals surface area contributed by atoms with Crippen molar-refractivity contribution in [3.05, 3.63) is 28.8 Å². The van der Waals surface area contributed by atoms with Crippen LogP contribution in [0.5, 0.6) is 5.75 Å². The molecule has 0 aliphatic heterocycles. The van der Waals surface area contributed by atoms with Gasteiger partial charge >= 0.3 is 0 Å². The van der Waals surface area contributed by atoms with E-state index >= 15 is 0 Å². The molecule has 0 saturated carbocycles. The molecule has 16 heavy (non-hydrogen) atoms. The first-order valence-corrected chi connectivity index (χ1v) is 5.15. The van der Waals surface area contributed by atoms with Crippen LogP contribution < -0.4 is 5.32 Å². The molecule has 1 aromatic rings. The Balaban J connectivity index is 2.81. The number of amides is 1. The van der Waals surface area contributed by atoms with Crippen molar-refractivity contribution in [2.24, 2.45) is 0 Å². The van der Waals surface area contributed by atoms with E-state index in [1.807, 2.05) is 0 Å². The van der Waals surface area contributed by atoms with Crippen LogP contribution in [0.4, 0.5) is 0 Å². The molecule has 1 atom stereocenters. The molecule has 0 aliphatic rings. The van der Waals surface area contributed by atoms with Crippen LogP contribution in [0.15, 0.2) is 18.2 Å². The Bertz CT molecular complexity index is 437. The van der Waals surface area contributed by atoms with Crippen molar-refractivity contribution in [2.75, 3.05) is 0 Å². The van der Waals surface area contributed by atoms with E-state index in [1.54, 1.807) is 6.92 Å². The first-order chi connectivity index (χ1) is 7.54. The molecule has 0 heterocycles. The Morgan fingerprint density at radius 2 is 2.38 bits per heavy atom. The van der Waals surface area contributed by atoms with E-state index in [0.717, 1.165) is 0 Å². The van der Waals surface area contributed by atoms with Gasteiger partial charge in [0.15, 0.2) is 0 Å². The summed E-state index contributed by atoms with van der Waals surface area (Å²) in [7, 11) is 0. The standard InChI is InChI=1S/C12H12ClNO2/c1-3-4-8(2)14-12(16)10-7-9(13)5-6-11(10)15/h1,5-8,15H,4H2,2H3,(H,14,16). The Labute approximate surface area is 99.4 Å². The summed E-state index contributed by atoms with van der Waals surface area (Å²) in [4.78, 5) is 11.7. The van der Waals surface area contributed by atoms with Gasteiger partial charge in [-0.05, 0) is 25.1 Å². The highest BCUT2D eigenvalue weighted by Crippen LogP contribution is 2.21. The molecule has 0 aliphatic carbocycles. The van der Waals surface area contributed by atoms with Gasteiger partial charge in [0.25, 0.3) is 5.91 Å². The van der Waals surface area contributed by atoms with E-state index in [0.29, 0.717) is 11.4 Å². The quantitative estimate of drug-likeness (QED) is 0.792. The van der Waals surface area contributed by atoms with Gasteiger partial charge in [0.05, 0.1) is 5.56 Å². The summed E-state index contributed by atoms with van der Waals surface area (Å²) >= 11 is 5.74. The van der Waals surface area contributed by atoms with Gasteiger partial charge in [-0.25, -0.2) is 0 Å². The molecular formula is C12H12ClNO2. The zero-order chi connectivity index (χ0) is 12.1. The number of halogens is 1. The van der Waals surface area contributed by atoms with Crippen LogP contribution in [0.3, 0.4) is 0 Å². The minimum atomic E-state index is -0.386. The van der Waals surface area contributed by atoms with Gasteiger partial charge in [-0.15, -0.1) is 12.3 Å². The molecule has 84 valence electrons. The number of carbonyl (C=O) groups is 1. The zero-order valence-corrected chi connectivity index (χ0v) is 9.58. The van der Waals surface area contributed by atoms with Crippen molar-refractivity contribution >= 4 is 17.5 Å². The minimum absolute atomic E-state index is 0.102. The summed E-state index contributed by atoms with van der Waals surface area (Å²) in [6.07, 6.45) is 5.56. The lowest BCUT2D eigenvalue weighted by molar-refractivity contribution is 0.0938. The van der Waals surface area contributed by atoms with E-state index in [9.17, 15) is 9.90 Å². The lowest BCUT2D eigenvalue weighted by Crippen LogP contribution is -2.32. The zero-order valence-electron chi connectivity index (χ0n) is 8.83. The molecule has 0 spiro atoms. The normalized spacial score (nSPS) is 11.6. The molecule has 0 aromatic heterocycles. The fourth-order valence-electron chi connectivity index (χ4n) is 1.22. The second kappa shape index (κ2) is 5.43. The number of aromatic hydroxyl groups is 1. The van der Waals surface area contributed by atoms with E-state index in [-0.39, 0.29) is 23.3 Å². The number of carbonyl (C=O) groups excluding carboxylic acids is 1. The molecule has 0 radical (unpaired) electrons. The molecule has 0 saturated heterocycles. The van der Waals surface area contributed by atoms with Crippen molar-refractivity contribution in [2.45, 2.75) is 19.4 Å². The van der Waals surface area contributed by atoms with E-state index in [4.69, 9.17) is 18.0 Å². The molecule has 3 nitrogen and oxygen atoms in total. The molecule has 2 N–H and O–H groups in total. The SMILES string of the molecule is C#CCC(C)NC(=O)c1cc(Cl)ccc1O. The monoisotopic (exact) mass is 237 g/mol. The summed E-state index contributed by atoms with van der Waals surface area (Å²) in [6.45, 7) is 1.79. The summed E-state index contributed by atoms with van der Waals surface area (Å²) in [5.74, 6) is 1.96. The summed E-state index contributed by atoms with van der Waals surface area (Å²) in [5.41, 5.74) is 0.149. The summed E-state index contributed by atoms with van der Waals surface area (Å²) < 4.78 is 0. The molecule has 1 amide bonds. The average molecular weight is 238 g/mol. The third kappa shape index (κ3) is 3.18. The van der Waals surface area contributed by atoms with Gasteiger partial charge in [0.1, 0.15) is 5.75 Å². The summed E-state index contributed by atoms with van der Waals surface area (Å²) in [6, 6.07) is 4.16. The molecule has 0 fully saturated rings. The third-order valence-electron chi connectivity index (χ3n) is 2.00. The number of nitrogens with one attached hydrogen (secondary N) is 1. The fourth-order valence-corrected chi connectivity index (χ4v) is 1.39. The van der Waals surface area contributed by atoms with Crippen LogP contribution >= 0.6 is 11.6 Å². The van der Waals surface area contributed by atoms with Crippen LogP contribution in [0, 0.1) is 12.3 Å². The topological polar surface area (TPSA) is 49.3 Å². The number of hydrogen-bond donors (Lipinski definition) is 2. The highest BCUT2D eigenvalue weighted by Gasteiger charge is 2.13. The molecule has 1 aromatic carbocycles. The molecule has 4 heteroatoms. The van der Waals surface area contributed by atoms with Gasteiger partial charge in [-0.2, -0.15) is 0 Å². The maximum atomic E-state index is 11.7. The number of phenols is 1. The van der Waals surface area contributed by atoms with Gasteiger partial charge in [0.2, 0.25) is 0 Å². The van der Waals surface area contributed by atoms with E-state index < -0.39 is 0 Å². The predicted octanol–water partition coefficient (Wildman–Crippen LogP) is 2.19. The van der Waals surface area contributed by atoms with E-state index in [1.165, 1.54) is 18.2 Å². The summed E-state index contributed by atoms with van der Waals surface area (Å²) in [5, 5.41) is 12.5. The number of terminal acetylenes is 1. The van der Waals surface area contributed by atoms with Crippen LogP contribution in [-0.2, 0) is 0 Å². The fraction of sp³-hybridized carbons (Fsp3) is 0.250. The Kier molecular flexibility index (Phi) is 4.21. The second-order valence-electron chi connectivity index (χ2n) is 3.44. The largest absolute Gasteiger partial charge is 0.507 e.